The first-order valence-corrected chi connectivity index (χ1v) is 5.33. The van der Waals surface area contributed by atoms with Gasteiger partial charge in [-0.3, -0.25) is 0 Å². The van der Waals surface area contributed by atoms with Crippen LogP contribution < -0.4 is 10.6 Å². The molecule has 82 valence electrons. The number of nitrogens with one attached hydrogen (secondary N) is 2. The second-order valence-electron chi connectivity index (χ2n) is 2.93. The van der Waals surface area contributed by atoms with E-state index in [-0.39, 0.29) is 6.54 Å². The predicted octanol–water partition coefficient (Wildman–Crippen LogP) is 2.27. The summed E-state index contributed by atoms with van der Waals surface area (Å²) in [4.78, 5) is 0. The van der Waals surface area contributed by atoms with E-state index >= 15 is 0 Å². The summed E-state index contributed by atoms with van der Waals surface area (Å²) in [7, 11) is 0. The molecule has 0 heterocycles. The van der Waals surface area contributed by atoms with E-state index in [0.29, 0.717) is 16.7 Å². The molecule has 5 heteroatoms. The van der Waals surface area contributed by atoms with Gasteiger partial charge in [0, 0.05) is 18.1 Å². The van der Waals surface area contributed by atoms with Crippen molar-refractivity contribution in [2.75, 3.05) is 13.2 Å². The Labute approximate surface area is 98.8 Å². The monoisotopic (exact) mass is 246 g/mol. The molecule has 0 spiro atoms. The van der Waals surface area contributed by atoms with E-state index in [1.807, 2.05) is 24.3 Å². The molecule has 15 heavy (non-hydrogen) atoms. The third kappa shape index (κ3) is 4.95. The lowest BCUT2D eigenvalue weighted by Crippen LogP contribution is -2.35. The molecule has 1 rings (SSSR count). The maximum Gasteiger partial charge on any atom is 0.166 e. The summed E-state index contributed by atoms with van der Waals surface area (Å²) < 4.78 is 11.8. The van der Waals surface area contributed by atoms with Crippen LogP contribution in [0.5, 0.6) is 0 Å². The third-order valence-corrected chi connectivity index (χ3v) is 2.25. The highest BCUT2D eigenvalue weighted by Gasteiger charge is 1.96. The Kier molecular flexibility index (Phi) is 5.36. The summed E-state index contributed by atoms with van der Waals surface area (Å²) in [5.41, 5.74) is 1.03. The number of halogens is 2. The number of rotatable bonds is 4. The van der Waals surface area contributed by atoms with Crippen LogP contribution in [-0.4, -0.2) is 18.3 Å². The zero-order chi connectivity index (χ0) is 11.1. The van der Waals surface area contributed by atoms with Crippen molar-refractivity contribution in [2.24, 2.45) is 0 Å². The summed E-state index contributed by atoms with van der Waals surface area (Å²) in [6, 6.07) is 7.48. The van der Waals surface area contributed by atoms with Crippen molar-refractivity contribution in [1.82, 2.24) is 10.6 Å². The van der Waals surface area contributed by atoms with Gasteiger partial charge in [0.05, 0.1) is 0 Å². The average Bonchev–Trinajstić information content (AvgIpc) is 2.23. The van der Waals surface area contributed by atoms with E-state index < -0.39 is 6.67 Å². The van der Waals surface area contributed by atoms with Gasteiger partial charge in [0.15, 0.2) is 5.11 Å². The van der Waals surface area contributed by atoms with Crippen molar-refractivity contribution >= 4 is 28.9 Å². The molecule has 0 aliphatic carbocycles. The normalized spacial score (nSPS) is 9.73. The van der Waals surface area contributed by atoms with E-state index in [0.717, 1.165) is 5.56 Å². The van der Waals surface area contributed by atoms with Crippen molar-refractivity contribution in [1.29, 1.82) is 0 Å². The first-order chi connectivity index (χ1) is 7.22. The van der Waals surface area contributed by atoms with Gasteiger partial charge in [-0.15, -0.1) is 0 Å². The number of benzene rings is 1. The number of thiocarbonyl (C=S) groups is 1. The fraction of sp³-hybridized carbons (Fsp3) is 0.300. The van der Waals surface area contributed by atoms with Gasteiger partial charge >= 0.3 is 0 Å². The smallest absolute Gasteiger partial charge is 0.166 e. The van der Waals surface area contributed by atoms with Gasteiger partial charge in [-0.2, -0.15) is 0 Å². The Balaban J connectivity index is 2.33. The van der Waals surface area contributed by atoms with Gasteiger partial charge in [-0.25, -0.2) is 4.39 Å². The molecule has 0 unspecified atom stereocenters. The standard InChI is InChI=1S/C10H12ClFN2S/c11-9-3-1-2-8(6-9)7-14-10(15)13-5-4-12/h1-3,6H,4-5,7H2,(H2,13,14,15). The molecule has 0 aliphatic heterocycles. The minimum absolute atomic E-state index is 0.237. The molecule has 1 aromatic rings. The third-order valence-electron chi connectivity index (χ3n) is 1.72. The lowest BCUT2D eigenvalue weighted by molar-refractivity contribution is 0.490. The van der Waals surface area contributed by atoms with E-state index in [1.165, 1.54) is 0 Å². The first kappa shape index (κ1) is 12.2. The van der Waals surface area contributed by atoms with Crippen molar-refractivity contribution < 1.29 is 4.39 Å². The van der Waals surface area contributed by atoms with Gasteiger partial charge in [0.1, 0.15) is 6.67 Å². The zero-order valence-corrected chi connectivity index (χ0v) is 9.67. The first-order valence-electron chi connectivity index (χ1n) is 4.54. The summed E-state index contributed by atoms with van der Waals surface area (Å²) >= 11 is 10.7. The minimum Gasteiger partial charge on any atom is -0.360 e. The van der Waals surface area contributed by atoms with E-state index in [9.17, 15) is 4.39 Å². The topological polar surface area (TPSA) is 24.1 Å². The van der Waals surface area contributed by atoms with E-state index in [2.05, 4.69) is 10.6 Å². The predicted molar refractivity (Wildman–Crippen MR) is 64.9 cm³/mol. The Bertz CT molecular complexity index is 333. The van der Waals surface area contributed by atoms with E-state index in [1.54, 1.807) is 0 Å². The van der Waals surface area contributed by atoms with Crippen molar-refractivity contribution in [3.8, 4) is 0 Å². The Morgan fingerprint density at radius 2 is 2.20 bits per heavy atom. The summed E-state index contributed by atoms with van der Waals surface area (Å²) in [5.74, 6) is 0. The van der Waals surface area contributed by atoms with Crippen LogP contribution in [0.2, 0.25) is 5.02 Å². The van der Waals surface area contributed by atoms with Crippen LogP contribution >= 0.6 is 23.8 Å². The molecular formula is C10H12ClFN2S. The quantitative estimate of drug-likeness (QED) is 0.797. The maximum atomic E-state index is 11.8. The molecule has 0 saturated carbocycles. The summed E-state index contributed by atoms with van der Waals surface area (Å²) in [5, 5.41) is 6.83. The number of hydrogen-bond donors (Lipinski definition) is 2. The SMILES string of the molecule is FCCNC(=S)NCc1cccc(Cl)c1. The number of hydrogen-bond acceptors (Lipinski definition) is 1. The molecule has 0 bridgehead atoms. The Morgan fingerprint density at radius 3 is 2.87 bits per heavy atom. The molecule has 2 N–H and O–H groups in total. The average molecular weight is 247 g/mol. The minimum atomic E-state index is -0.432. The fourth-order valence-corrected chi connectivity index (χ4v) is 1.44. The Morgan fingerprint density at radius 1 is 1.40 bits per heavy atom. The van der Waals surface area contributed by atoms with Gasteiger partial charge < -0.3 is 10.6 Å². The van der Waals surface area contributed by atoms with Crippen molar-refractivity contribution in [3.63, 3.8) is 0 Å². The lowest BCUT2D eigenvalue weighted by atomic mass is 10.2. The van der Waals surface area contributed by atoms with E-state index in [4.69, 9.17) is 23.8 Å². The van der Waals surface area contributed by atoms with Crippen molar-refractivity contribution in [2.45, 2.75) is 6.54 Å². The maximum absolute atomic E-state index is 11.8. The highest BCUT2D eigenvalue weighted by molar-refractivity contribution is 7.80. The van der Waals surface area contributed by atoms with Crippen LogP contribution in [0.1, 0.15) is 5.56 Å². The van der Waals surface area contributed by atoms with Crippen LogP contribution in [0, 0.1) is 0 Å². The molecule has 0 amide bonds. The van der Waals surface area contributed by atoms with Crippen LogP contribution in [0.4, 0.5) is 4.39 Å². The molecular weight excluding hydrogens is 235 g/mol. The van der Waals surface area contributed by atoms with Gasteiger partial charge in [-0.1, -0.05) is 23.7 Å². The highest BCUT2D eigenvalue weighted by atomic mass is 35.5. The van der Waals surface area contributed by atoms with Crippen LogP contribution in [0.3, 0.4) is 0 Å². The molecule has 0 aromatic heterocycles. The molecule has 0 fully saturated rings. The van der Waals surface area contributed by atoms with Gasteiger partial charge in [-0.05, 0) is 29.9 Å². The Hall–Kier alpha value is -0.870. The van der Waals surface area contributed by atoms with Crippen LogP contribution in [0.25, 0.3) is 0 Å². The summed E-state index contributed by atoms with van der Waals surface area (Å²) in [6.45, 7) is 0.388. The summed E-state index contributed by atoms with van der Waals surface area (Å²) in [6.07, 6.45) is 0. The van der Waals surface area contributed by atoms with Crippen LogP contribution in [-0.2, 0) is 6.54 Å². The second kappa shape index (κ2) is 6.58. The van der Waals surface area contributed by atoms with Crippen molar-refractivity contribution in [3.05, 3.63) is 34.9 Å². The molecule has 0 radical (unpaired) electrons. The molecule has 0 saturated heterocycles. The van der Waals surface area contributed by atoms with Gasteiger partial charge in [0.25, 0.3) is 0 Å². The molecule has 1 aromatic carbocycles. The molecule has 0 atom stereocenters. The molecule has 0 aliphatic rings. The largest absolute Gasteiger partial charge is 0.360 e. The highest BCUT2D eigenvalue weighted by Crippen LogP contribution is 2.09. The zero-order valence-electron chi connectivity index (χ0n) is 8.09. The lowest BCUT2D eigenvalue weighted by Gasteiger charge is -2.09. The fourth-order valence-electron chi connectivity index (χ4n) is 1.05. The number of alkyl halides is 1. The second-order valence-corrected chi connectivity index (χ2v) is 3.77. The van der Waals surface area contributed by atoms with Crippen LogP contribution in [0.15, 0.2) is 24.3 Å². The molecule has 2 nitrogen and oxygen atoms in total. The van der Waals surface area contributed by atoms with Gasteiger partial charge in [0.2, 0.25) is 0 Å².